The zero-order valence-corrected chi connectivity index (χ0v) is 15.8. The van der Waals surface area contributed by atoms with E-state index in [1.54, 1.807) is 0 Å². The average Bonchev–Trinajstić information content (AvgIpc) is 2.93. The van der Waals surface area contributed by atoms with Crippen LogP contribution < -0.4 is 15.0 Å². The molecule has 2 aromatic carbocycles. The number of aryl methyl sites for hydroxylation is 2. The second-order valence-corrected chi connectivity index (χ2v) is 7.03. The Hall–Kier alpha value is -2.49. The molecule has 3 rings (SSSR count). The lowest BCUT2D eigenvalue weighted by Crippen LogP contribution is -2.24. The van der Waals surface area contributed by atoms with Crippen molar-refractivity contribution in [3.8, 4) is 5.75 Å². The normalized spacial score (nSPS) is 14.6. The highest BCUT2D eigenvalue weighted by molar-refractivity contribution is 5.92. The predicted octanol–water partition coefficient (Wildman–Crippen LogP) is 4.70. The van der Waals surface area contributed by atoms with Crippen molar-refractivity contribution in [3.05, 3.63) is 53.6 Å². The zero-order chi connectivity index (χ0) is 18.4. The van der Waals surface area contributed by atoms with Crippen molar-refractivity contribution < 1.29 is 9.53 Å². The summed E-state index contributed by atoms with van der Waals surface area (Å²) in [7, 11) is 0. The molecule has 1 aliphatic heterocycles. The fraction of sp³-hybridized carbons (Fsp3) is 0.409. The largest absolute Gasteiger partial charge is 0.484 e. The van der Waals surface area contributed by atoms with E-state index < -0.39 is 0 Å². The summed E-state index contributed by atoms with van der Waals surface area (Å²) in [6.07, 6.45) is 5.17. The maximum Gasteiger partial charge on any atom is 0.262 e. The van der Waals surface area contributed by atoms with E-state index in [0.717, 1.165) is 30.1 Å². The smallest absolute Gasteiger partial charge is 0.262 e. The molecule has 2 aromatic rings. The van der Waals surface area contributed by atoms with E-state index in [1.165, 1.54) is 36.9 Å². The molecule has 1 heterocycles. The first kappa shape index (κ1) is 18.3. The molecule has 1 fully saturated rings. The van der Waals surface area contributed by atoms with Gasteiger partial charge in [-0.25, -0.2) is 0 Å². The molecule has 0 saturated carbocycles. The summed E-state index contributed by atoms with van der Waals surface area (Å²) in [5, 5.41) is 2.90. The predicted molar refractivity (Wildman–Crippen MR) is 107 cm³/mol. The fourth-order valence-electron chi connectivity index (χ4n) is 3.23. The highest BCUT2D eigenvalue weighted by atomic mass is 16.5. The van der Waals surface area contributed by atoms with Gasteiger partial charge in [-0.3, -0.25) is 4.79 Å². The fourth-order valence-corrected chi connectivity index (χ4v) is 3.23. The van der Waals surface area contributed by atoms with Crippen LogP contribution in [0.25, 0.3) is 0 Å². The van der Waals surface area contributed by atoms with Gasteiger partial charge >= 0.3 is 0 Å². The molecule has 1 N–H and O–H groups in total. The van der Waals surface area contributed by atoms with Crippen LogP contribution in [0.1, 0.15) is 36.8 Å². The number of hydrogen-bond acceptors (Lipinski definition) is 3. The highest BCUT2D eigenvalue weighted by Crippen LogP contribution is 2.22. The van der Waals surface area contributed by atoms with Crippen LogP contribution in [0.15, 0.2) is 42.5 Å². The second kappa shape index (κ2) is 8.75. The third-order valence-corrected chi connectivity index (χ3v) is 4.97. The first-order valence-corrected chi connectivity index (χ1v) is 9.47. The highest BCUT2D eigenvalue weighted by Gasteiger charge is 2.10. The number of nitrogens with one attached hydrogen (secondary N) is 1. The van der Waals surface area contributed by atoms with E-state index in [0.29, 0.717) is 0 Å². The molecule has 0 spiro atoms. The molecule has 1 aliphatic rings. The van der Waals surface area contributed by atoms with Crippen LogP contribution in [0.2, 0.25) is 0 Å². The van der Waals surface area contributed by atoms with Gasteiger partial charge in [0.1, 0.15) is 5.75 Å². The molecule has 0 aliphatic carbocycles. The lowest BCUT2D eigenvalue weighted by atomic mass is 10.1. The molecule has 4 nitrogen and oxygen atoms in total. The van der Waals surface area contributed by atoms with Crippen LogP contribution in [-0.4, -0.2) is 25.6 Å². The Morgan fingerprint density at radius 2 is 1.65 bits per heavy atom. The molecule has 1 amide bonds. The molecular weight excluding hydrogens is 324 g/mol. The number of hydrogen-bond donors (Lipinski definition) is 1. The number of anilines is 2. The average molecular weight is 352 g/mol. The van der Waals surface area contributed by atoms with E-state index in [2.05, 4.69) is 29.3 Å². The Morgan fingerprint density at radius 1 is 0.962 bits per heavy atom. The molecule has 0 aromatic heterocycles. The van der Waals surface area contributed by atoms with E-state index in [1.807, 2.05) is 37.3 Å². The van der Waals surface area contributed by atoms with Crippen molar-refractivity contribution in [1.82, 2.24) is 0 Å². The summed E-state index contributed by atoms with van der Waals surface area (Å²) < 4.78 is 5.59. The summed E-state index contributed by atoms with van der Waals surface area (Å²) in [4.78, 5) is 14.6. The molecule has 1 saturated heterocycles. The van der Waals surface area contributed by atoms with Crippen LogP contribution in [0.4, 0.5) is 11.4 Å². The van der Waals surface area contributed by atoms with E-state index in [9.17, 15) is 4.79 Å². The van der Waals surface area contributed by atoms with Crippen molar-refractivity contribution in [1.29, 1.82) is 0 Å². The minimum Gasteiger partial charge on any atom is -0.484 e. The van der Waals surface area contributed by atoms with Crippen LogP contribution in [0.5, 0.6) is 5.75 Å². The maximum absolute atomic E-state index is 12.1. The van der Waals surface area contributed by atoms with Gasteiger partial charge in [0.05, 0.1) is 0 Å². The summed E-state index contributed by atoms with van der Waals surface area (Å²) in [5.74, 6) is 0.575. The number of benzene rings is 2. The third kappa shape index (κ3) is 5.01. The maximum atomic E-state index is 12.1. The van der Waals surface area contributed by atoms with Gasteiger partial charge in [0.15, 0.2) is 6.61 Å². The second-order valence-electron chi connectivity index (χ2n) is 7.03. The van der Waals surface area contributed by atoms with Gasteiger partial charge in [-0.05, 0) is 74.2 Å². The molecular formula is C22H28N2O2. The number of ether oxygens (including phenoxy) is 1. The van der Waals surface area contributed by atoms with E-state index in [-0.39, 0.29) is 12.5 Å². The molecule has 0 bridgehead atoms. The first-order chi connectivity index (χ1) is 12.6. The standard InChI is InChI=1S/C22H28N2O2/c1-17-7-12-21(15-18(17)2)26-16-22(25)23-19-8-10-20(11-9-19)24-13-5-3-4-6-14-24/h7-12,15H,3-6,13-14,16H2,1-2H3,(H,23,25). The Labute approximate surface area is 156 Å². The summed E-state index contributed by atoms with van der Waals surface area (Å²) in [6.45, 7) is 6.34. The molecule has 26 heavy (non-hydrogen) atoms. The van der Waals surface area contributed by atoms with Gasteiger partial charge in [-0.1, -0.05) is 18.9 Å². The van der Waals surface area contributed by atoms with Gasteiger partial charge in [-0.2, -0.15) is 0 Å². The Bertz CT molecular complexity index is 732. The van der Waals surface area contributed by atoms with Crippen LogP contribution in [-0.2, 0) is 4.79 Å². The molecule has 0 radical (unpaired) electrons. The van der Waals surface area contributed by atoms with Crippen LogP contribution in [0, 0.1) is 13.8 Å². The Kier molecular flexibility index (Phi) is 6.16. The minimum absolute atomic E-state index is 0.0103. The number of carbonyl (C=O) groups excluding carboxylic acids is 1. The third-order valence-electron chi connectivity index (χ3n) is 4.97. The van der Waals surface area contributed by atoms with Gasteiger partial charge in [0, 0.05) is 24.5 Å². The Morgan fingerprint density at radius 3 is 2.31 bits per heavy atom. The van der Waals surface area contributed by atoms with Crippen LogP contribution in [0.3, 0.4) is 0 Å². The van der Waals surface area contributed by atoms with Crippen molar-refractivity contribution in [3.63, 3.8) is 0 Å². The summed E-state index contributed by atoms with van der Waals surface area (Å²) in [6, 6.07) is 14.0. The minimum atomic E-state index is -0.147. The molecule has 138 valence electrons. The lowest BCUT2D eigenvalue weighted by molar-refractivity contribution is -0.118. The first-order valence-electron chi connectivity index (χ1n) is 9.47. The van der Waals surface area contributed by atoms with Crippen molar-refractivity contribution >= 4 is 17.3 Å². The zero-order valence-electron chi connectivity index (χ0n) is 15.8. The summed E-state index contributed by atoms with van der Waals surface area (Å²) in [5.41, 5.74) is 4.41. The van der Waals surface area contributed by atoms with Gasteiger partial charge < -0.3 is 15.0 Å². The molecule has 0 unspecified atom stereocenters. The van der Waals surface area contributed by atoms with Gasteiger partial charge in [-0.15, -0.1) is 0 Å². The van der Waals surface area contributed by atoms with E-state index in [4.69, 9.17) is 4.74 Å². The topological polar surface area (TPSA) is 41.6 Å². The van der Waals surface area contributed by atoms with Gasteiger partial charge in [0.2, 0.25) is 0 Å². The van der Waals surface area contributed by atoms with Gasteiger partial charge in [0.25, 0.3) is 5.91 Å². The quantitative estimate of drug-likeness (QED) is 0.848. The number of amides is 1. The monoisotopic (exact) mass is 352 g/mol. The number of rotatable bonds is 5. The van der Waals surface area contributed by atoms with Crippen LogP contribution >= 0.6 is 0 Å². The van der Waals surface area contributed by atoms with E-state index >= 15 is 0 Å². The van der Waals surface area contributed by atoms with Crippen molar-refractivity contribution in [2.75, 3.05) is 29.9 Å². The Balaban J connectivity index is 1.51. The lowest BCUT2D eigenvalue weighted by Gasteiger charge is -2.22. The van der Waals surface area contributed by atoms with Crippen molar-refractivity contribution in [2.24, 2.45) is 0 Å². The van der Waals surface area contributed by atoms with Crippen molar-refractivity contribution in [2.45, 2.75) is 39.5 Å². The molecule has 4 heteroatoms. The number of carbonyl (C=O) groups is 1. The number of nitrogens with zero attached hydrogens (tertiary/aromatic N) is 1. The SMILES string of the molecule is Cc1ccc(OCC(=O)Nc2ccc(N3CCCCCC3)cc2)cc1C. The summed E-state index contributed by atoms with van der Waals surface area (Å²) >= 11 is 0. The molecule has 0 atom stereocenters.